The summed E-state index contributed by atoms with van der Waals surface area (Å²) in [6, 6.07) is 10.5. The number of amides is 1. The summed E-state index contributed by atoms with van der Waals surface area (Å²) in [5.41, 5.74) is 2.57. The van der Waals surface area contributed by atoms with Gasteiger partial charge in [0.15, 0.2) is 0 Å². The fourth-order valence-corrected chi connectivity index (χ4v) is 2.37. The summed E-state index contributed by atoms with van der Waals surface area (Å²) in [5, 5.41) is 8.82. The van der Waals surface area contributed by atoms with Gasteiger partial charge in [0.2, 0.25) is 5.91 Å². The van der Waals surface area contributed by atoms with Gasteiger partial charge in [-0.3, -0.25) is 4.79 Å². The minimum Gasteiger partial charge on any atom is -0.342 e. The number of hydrogen-bond acceptors (Lipinski definition) is 2. The number of rotatable bonds is 3. The van der Waals surface area contributed by atoms with E-state index >= 15 is 0 Å². The summed E-state index contributed by atoms with van der Waals surface area (Å²) < 4.78 is 0. The summed E-state index contributed by atoms with van der Waals surface area (Å²) in [5.74, 6) is 0.0496. The van der Waals surface area contributed by atoms with Crippen LogP contribution in [0.5, 0.6) is 0 Å². The number of nitrogens with zero attached hydrogens (tertiary/aromatic N) is 2. The SMILES string of the molecule is Cc1ccccc1CCN1CCC(C#N)CC1=O. The first-order valence-electron chi connectivity index (χ1n) is 6.42. The first-order valence-corrected chi connectivity index (χ1v) is 6.42. The molecule has 2 rings (SSSR count). The molecule has 0 saturated carbocycles. The Morgan fingerprint density at radius 2 is 2.22 bits per heavy atom. The highest BCUT2D eigenvalue weighted by atomic mass is 16.2. The number of piperidine rings is 1. The molecule has 0 radical (unpaired) electrons. The molecule has 1 saturated heterocycles. The largest absolute Gasteiger partial charge is 0.342 e. The average molecular weight is 242 g/mol. The highest BCUT2D eigenvalue weighted by Crippen LogP contribution is 2.18. The van der Waals surface area contributed by atoms with Crippen LogP contribution in [-0.2, 0) is 11.2 Å². The summed E-state index contributed by atoms with van der Waals surface area (Å²) in [6.07, 6.45) is 2.11. The van der Waals surface area contributed by atoms with Gasteiger partial charge < -0.3 is 4.90 Å². The zero-order chi connectivity index (χ0) is 13.0. The minimum absolute atomic E-state index is 0.0767. The zero-order valence-corrected chi connectivity index (χ0v) is 10.7. The van der Waals surface area contributed by atoms with Crippen molar-refractivity contribution >= 4 is 5.91 Å². The molecule has 0 aliphatic carbocycles. The van der Waals surface area contributed by atoms with E-state index in [1.54, 1.807) is 0 Å². The van der Waals surface area contributed by atoms with Crippen molar-refractivity contribution in [2.75, 3.05) is 13.1 Å². The quantitative estimate of drug-likeness (QED) is 0.816. The van der Waals surface area contributed by atoms with E-state index in [2.05, 4.69) is 25.1 Å². The fourth-order valence-electron chi connectivity index (χ4n) is 2.37. The summed E-state index contributed by atoms with van der Waals surface area (Å²) in [7, 11) is 0. The van der Waals surface area contributed by atoms with E-state index in [1.807, 2.05) is 17.0 Å². The molecule has 1 unspecified atom stereocenters. The molecule has 0 aromatic heterocycles. The Labute approximate surface area is 108 Å². The smallest absolute Gasteiger partial charge is 0.223 e. The van der Waals surface area contributed by atoms with Gasteiger partial charge in [0.05, 0.1) is 12.0 Å². The summed E-state index contributed by atoms with van der Waals surface area (Å²) >= 11 is 0. The van der Waals surface area contributed by atoms with E-state index in [-0.39, 0.29) is 11.8 Å². The maximum absolute atomic E-state index is 11.8. The summed E-state index contributed by atoms with van der Waals surface area (Å²) in [4.78, 5) is 13.7. The molecule has 1 aliphatic rings. The number of likely N-dealkylation sites (tertiary alicyclic amines) is 1. The van der Waals surface area contributed by atoms with Crippen LogP contribution in [0.4, 0.5) is 0 Å². The predicted molar refractivity (Wildman–Crippen MR) is 69.8 cm³/mol. The molecule has 18 heavy (non-hydrogen) atoms. The first-order chi connectivity index (χ1) is 8.70. The second kappa shape index (κ2) is 5.68. The highest BCUT2D eigenvalue weighted by Gasteiger charge is 2.25. The Balaban J connectivity index is 1.90. The monoisotopic (exact) mass is 242 g/mol. The van der Waals surface area contributed by atoms with Gasteiger partial charge in [-0.2, -0.15) is 5.26 Å². The molecule has 0 bridgehead atoms. The molecule has 1 heterocycles. The molecular weight excluding hydrogens is 224 g/mol. The van der Waals surface area contributed by atoms with Crippen LogP contribution in [-0.4, -0.2) is 23.9 Å². The molecule has 3 nitrogen and oxygen atoms in total. The fraction of sp³-hybridized carbons (Fsp3) is 0.467. The lowest BCUT2D eigenvalue weighted by molar-refractivity contribution is -0.134. The third kappa shape index (κ3) is 2.89. The Morgan fingerprint density at radius 3 is 2.89 bits per heavy atom. The normalized spacial score (nSPS) is 19.7. The molecule has 1 fully saturated rings. The third-order valence-electron chi connectivity index (χ3n) is 3.62. The third-order valence-corrected chi connectivity index (χ3v) is 3.62. The van der Waals surface area contributed by atoms with E-state index in [1.165, 1.54) is 11.1 Å². The van der Waals surface area contributed by atoms with Crippen molar-refractivity contribution in [3.63, 3.8) is 0 Å². The van der Waals surface area contributed by atoms with Crippen molar-refractivity contribution in [3.8, 4) is 6.07 Å². The Morgan fingerprint density at radius 1 is 1.44 bits per heavy atom. The number of aryl methyl sites for hydroxylation is 1. The topological polar surface area (TPSA) is 44.1 Å². The van der Waals surface area contributed by atoms with Crippen molar-refractivity contribution in [2.24, 2.45) is 5.92 Å². The van der Waals surface area contributed by atoms with Crippen LogP contribution < -0.4 is 0 Å². The molecule has 1 aromatic rings. The molecule has 1 aromatic carbocycles. The lowest BCUT2D eigenvalue weighted by atomic mass is 9.97. The summed E-state index contributed by atoms with van der Waals surface area (Å²) in [6.45, 7) is 3.59. The van der Waals surface area contributed by atoms with Crippen LogP contribution in [0, 0.1) is 24.2 Å². The van der Waals surface area contributed by atoms with Crippen LogP contribution in [0.1, 0.15) is 24.0 Å². The van der Waals surface area contributed by atoms with Crippen molar-refractivity contribution in [1.82, 2.24) is 4.90 Å². The highest BCUT2D eigenvalue weighted by molar-refractivity contribution is 5.77. The van der Waals surface area contributed by atoms with E-state index < -0.39 is 0 Å². The minimum atomic E-state index is -0.0767. The van der Waals surface area contributed by atoms with Crippen molar-refractivity contribution in [1.29, 1.82) is 5.26 Å². The van der Waals surface area contributed by atoms with Crippen LogP contribution >= 0.6 is 0 Å². The second-order valence-corrected chi connectivity index (χ2v) is 4.88. The standard InChI is InChI=1S/C15H18N2O/c1-12-4-2-3-5-14(12)7-9-17-8-6-13(11-16)10-15(17)18/h2-5,13H,6-10H2,1H3. The van der Waals surface area contributed by atoms with Crippen LogP contribution in [0.2, 0.25) is 0 Å². The average Bonchev–Trinajstić information content (AvgIpc) is 2.39. The number of carbonyl (C=O) groups is 1. The van der Waals surface area contributed by atoms with Crippen LogP contribution in [0.15, 0.2) is 24.3 Å². The molecule has 0 N–H and O–H groups in total. The Bertz CT molecular complexity index is 476. The van der Waals surface area contributed by atoms with Crippen LogP contribution in [0.3, 0.4) is 0 Å². The van der Waals surface area contributed by atoms with Gasteiger partial charge in [-0.25, -0.2) is 0 Å². The number of carbonyl (C=O) groups excluding carboxylic acids is 1. The van der Waals surface area contributed by atoms with Gasteiger partial charge in [0.1, 0.15) is 0 Å². The maximum Gasteiger partial charge on any atom is 0.223 e. The number of hydrogen-bond donors (Lipinski definition) is 0. The number of nitriles is 1. The van der Waals surface area contributed by atoms with Gasteiger partial charge in [-0.15, -0.1) is 0 Å². The lowest BCUT2D eigenvalue weighted by Gasteiger charge is -2.29. The van der Waals surface area contributed by atoms with E-state index in [9.17, 15) is 4.79 Å². The van der Waals surface area contributed by atoms with Gasteiger partial charge >= 0.3 is 0 Å². The molecule has 1 amide bonds. The van der Waals surface area contributed by atoms with Crippen molar-refractivity contribution in [2.45, 2.75) is 26.2 Å². The van der Waals surface area contributed by atoms with Gasteiger partial charge in [-0.05, 0) is 30.9 Å². The first kappa shape index (κ1) is 12.6. The zero-order valence-electron chi connectivity index (χ0n) is 10.7. The molecule has 1 aliphatic heterocycles. The number of benzene rings is 1. The van der Waals surface area contributed by atoms with Crippen molar-refractivity contribution < 1.29 is 4.79 Å². The van der Waals surface area contributed by atoms with Crippen molar-refractivity contribution in [3.05, 3.63) is 35.4 Å². The molecule has 3 heteroatoms. The molecule has 94 valence electrons. The van der Waals surface area contributed by atoms with E-state index in [0.717, 1.165) is 25.9 Å². The van der Waals surface area contributed by atoms with E-state index in [4.69, 9.17) is 5.26 Å². The lowest BCUT2D eigenvalue weighted by Crippen LogP contribution is -2.39. The van der Waals surface area contributed by atoms with Gasteiger partial charge in [-0.1, -0.05) is 24.3 Å². The Hall–Kier alpha value is -1.82. The molecule has 1 atom stereocenters. The van der Waals surface area contributed by atoms with Gasteiger partial charge in [0.25, 0.3) is 0 Å². The molecule has 0 spiro atoms. The predicted octanol–water partition coefficient (Wildman–Crippen LogP) is 2.30. The van der Waals surface area contributed by atoms with Gasteiger partial charge in [0, 0.05) is 19.5 Å². The molecular formula is C15H18N2O. The van der Waals surface area contributed by atoms with Crippen LogP contribution in [0.25, 0.3) is 0 Å². The van der Waals surface area contributed by atoms with E-state index in [0.29, 0.717) is 6.42 Å². The Kier molecular flexibility index (Phi) is 3.99. The maximum atomic E-state index is 11.8. The second-order valence-electron chi connectivity index (χ2n) is 4.88.